The van der Waals surface area contributed by atoms with Crippen LogP contribution in [-0.4, -0.2) is 42.2 Å². The van der Waals surface area contributed by atoms with Gasteiger partial charge in [-0.25, -0.2) is 4.39 Å². The molecule has 1 aliphatic rings. The van der Waals surface area contributed by atoms with Gasteiger partial charge in [0.25, 0.3) is 5.91 Å². The lowest BCUT2D eigenvalue weighted by molar-refractivity contribution is -0.132. The fourth-order valence-corrected chi connectivity index (χ4v) is 3.45. The second-order valence-electron chi connectivity index (χ2n) is 7.13. The van der Waals surface area contributed by atoms with Gasteiger partial charge in [0.2, 0.25) is 0 Å². The van der Waals surface area contributed by atoms with Gasteiger partial charge in [0.15, 0.2) is 6.61 Å². The van der Waals surface area contributed by atoms with Crippen molar-refractivity contribution in [3.05, 3.63) is 65.5 Å². The van der Waals surface area contributed by atoms with E-state index in [1.807, 2.05) is 31.2 Å². The second kappa shape index (κ2) is 7.87. The fourth-order valence-electron chi connectivity index (χ4n) is 3.45. The summed E-state index contributed by atoms with van der Waals surface area (Å²) in [5.74, 6) is 0.321. The molecule has 1 heterocycles. The maximum Gasteiger partial charge on any atom is 0.260 e. The van der Waals surface area contributed by atoms with Crippen LogP contribution in [0, 0.1) is 18.2 Å². The summed E-state index contributed by atoms with van der Waals surface area (Å²) < 4.78 is 18.7. The van der Waals surface area contributed by atoms with Gasteiger partial charge >= 0.3 is 0 Å². The van der Waals surface area contributed by atoms with Crippen LogP contribution in [0.25, 0.3) is 0 Å². The maximum absolute atomic E-state index is 13.1. The lowest BCUT2D eigenvalue weighted by Crippen LogP contribution is -2.37. The first-order valence-corrected chi connectivity index (χ1v) is 8.82. The number of aliphatic hydroxyl groups is 1. The van der Waals surface area contributed by atoms with E-state index in [0.29, 0.717) is 25.3 Å². The highest BCUT2D eigenvalue weighted by molar-refractivity contribution is 5.78. The molecule has 5 heteroatoms. The van der Waals surface area contributed by atoms with Crippen molar-refractivity contribution in [3.63, 3.8) is 0 Å². The minimum atomic E-state index is -0.378. The zero-order valence-corrected chi connectivity index (χ0v) is 15.0. The number of benzene rings is 2. The average Bonchev–Trinajstić information content (AvgIpc) is 3.06. The SMILES string of the molecule is Cc1cccc(OCC(=O)N2CCC(CO)(Cc3ccc(F)cc3)C2)c1. The molecule has 0 saturated carbocycles. The Hall–Kier alpha value is -2.40. The van der Waals surface area contributed by atoms with Crippen molar-refractivity contribution < 1.29 is 19.0 Å². The standard InChI is InChI=1S/C21H24FNO3/c1-16-3-2-4-19(11-16)26-13-20(25)23-10-9-21(14-23,15-24)12-17-5-7-18(22)8-6-17/h2-8,11,24H,9-10,12-15H2,1H3. The third kappa shape index (κ3) is 4.41. The van der Waals surface area contributed by atoms with Gasteiger partial charge in [-0.1, -0.05) is 24.3 Å². The number of halogens is 1. The van der Waals surface area contributed by atoms with E-state index in [1.54, 1.807) is 17.0 Å². The largest absolute Gasteiger partial charge is 0.484 e. The van der Waals surface area contributed by atoms with Crippen molar-refractivity contribution in [2.45, 2.75) is 19.8 Å². The molecule has 138 valence electrons. The van der Waals surface area contributed by atoms with Crippen molar-refractivity contribution in [1.82, 2.24) is 4.90 Å². The van der Waals surface area contributed by atoms with Crippen LogP contribution in [-0.2, 0) is 11.2 Å². The smallest absolute Gasteiger partial charge is 0.260 e. The fraction of sp³-hybridized carbons (Fsp3) is 0.381. The zero-order valence-electron chi connectivity index (χ0n) is 15.0. The summed E-state index contributed by atoms with van der Waals surface area (Å²) in [6.07, 6.45) is 1.34. The summed E-state index contributed by atoms with van der Waals surface area (Å²) in [6.45, 7) is 3.03. The molecule has 4 nitrogen and oxygen atoms in total. The summed E-state index contributed by atoms with van der Waals surface area (Å²) >= 11 is 0. The Labute approximate surface area is 153 Å². The highest BCUT2D eigenvalue weighted by atomic mass is 19.1. The number of hydrogen-bond donors (Lipinski definition) is 1. The number of ether oxygens (including phenoxy) is 1. The molecular formula is C21H24FNO3. The van der Waals surface area contributed by atoms with E-state index in [9.17, 15) is 14.3 Å². The first-order valence-electron chi connectivity index (χ1n) is 8.82. The van der Waals surface area contributed by atoms with Crippen molar-refractivity contribution in [1.29, 1.82) is 0 Å². The number of nitrogens with zero attached hydrogens (tertiary/aromatic N) is 1. The monoisotopic (exact) mass is 357 g/mol. The summed E-state index contributed by atoms with van der Waals surface area (Å²) in [7, 11) is 0. The Balaban J connectivity index is 1.58. The van der Waals surface area contributed by atoms with E-state index < -0.39 is 0 Å². The lowest BCUT2D eigenvalue weighted by atomic mass is 9.81. The molecule has 1 aliphatic heterocycles. The van der Waals surface area contributed by atoms with Gasteiger partial charge in [-0.3, -0.25) is 4.79 Å². The molecule has 1 saturated heterocycles. The van der Waals surface area contributed by atoms with Crippen LogP contribution >= 0.6 is 0 Å². The van der Waals surface area contributed by atoms with Crippen LogP contribution in [0.1, 0.15) is 17.5 Å². The Bertz CT molecular complexity index is 762. The molecule has 0 radical (unpaired) electrons. The van der Waals surface area contributed by atoms with Crippen molar-refractivity contribution in [2.24, 2.45) is 5.41 Å². The maximum atomic E-state index is 13.1. The number of rotatable bonds is 6. The van der Waals surface area contributed by atoms with Gasteiger partial charge in [0.05, 0.1) is 6.61 Å². The molecule has 1 unspecified atom stereocenters. The van der Waals surface area contributed by atoms with Gasteiger partial charge in [0, 0.05) is 18.5 Å². The molecule has 0 spiro atoms. The first kappa shape index (κ1) is 18.4. The lowest BCUT2D eigenvalue weighted by Gasteiger charge is -2.27. The van der Waals surface area contributed by atoms with Crippen LogP contribution in [0.4, 0.5) is 4.39 Å². The van der Waals surface area contributed by atoms with Crippen LogP contribution in [0.3, 0.4) is 0 Å². The average molecular weight is 357 g/mol. The molecule has 1 fully saturated rings. The summed E-state index contributed by atoms with van der Waals surface area (Å²) in [6, 6.07) is 13.9. The van der Waals surface area contributed by atoms with Gasteiger partial charge < -0.3 is 14.7 Å². The van der Waals surface area contributed by atoms with Crippen molar-refractivity contribution in [2.75, 3.05) is 26.3 Å². The summed E-state index contributed by atoms with van der Waals surface area (Å²) in [5, 5.41) is 9.93. The van der Waals surface area contributed by atoms with Crippen LogP contribution in [0.15, 0.2) is 48.5 Å². The van der Waals surface area contributed by atoms with E-state index >= 15 is 0 Å². The minimum absolute atomic E-state index is 0.00705. The van der Waals surface area contributed by atoms with E-state index in [-0.39, 0.29) is 30.4 Å². The Morgan fingerprint density at radius 2 is 2.04 bits per heavy atom. The Morgan fingerprint density at radius 3 is 2.73 bits per heavy atom. The second-order valence-corrected chi connectivity index (χ2v) is 7.13. The number of aliphatic hydroxyl groups excluding tert-OH is 1. The summed E-state index contributed by atoms with van der Waals surface area (Å²) in [4.78, 5) is 14.2. The van der Waals surface area contributed by atoms with E-state index in [2.05, 4.69) is 0 Å². The third-order valence-corrected chi connectivity index (χ3v) is 4.97. The van der Waals surface area contributed by atoms with Gasteiger partial charge in [0.1, 0.15) is 11.6 Å². The Morgan fingerprint density at radius 1 is 1.27 bits per heavy atom. The number of aryl methyl sites for hydroxylation is 1. The van der Waals surface area contributed by atoms with E-state index in [4.69, 9.17) is 4.74 Å². The zero-order chi connectivity index (χ0) is 18.6. The van der Waals surface area contributed by atoms with Crippen molar-refractivity contribution in [3.8, 4) is 5.75 Å². The number of carbonyl (C=O) groups is 1. The molecule has 2 aromatic carbocycles. The molecule has 2 aromatic rings. The number of carbonyl (C=O) groups excluding carboxylic acids is 1. The van der Waals surface area contributed by atoms with Crippen LogP contribution < -0.4 is 4.74 Å². The molecule has 26 heavy (non-hydrogen) atoms. The molecule has 0 aliphatic carbocycles. The first-order chi connectivity index (χ1) is 12.5. The van der Waals surface area contributed by atoms with Gasteiger partial charge in [-0.05, 0) is 55.2 Å². The van der Waals surface area contributed by atoms with Crippen LogP contribution in [0.5, 0.6) is 5.75 Å². The molecular weight excluding hydrogens is 333 g/mol. The third-order valence-electron chi connectivity index (χ3n) is 4.97. The highest BCUT2D eigenvalue weighted by Crippen LogP contribution is 2.34. The quantitative estimate of drug-likeness (QED) is 0.865. The molecule has 1 N–H and O–H groups in total. The van der Waals surface area contributed by atoms with Crippen molar-refractivity contribution >= 4 is 5.91 Å². The molecule has 0 aromatic heterocycles. The van der Waals surface area contributed by atoms with Gasteiger partial charge in [-0.2, -0.15) is 0 Å². The van der Waals surface area contributed by atoms with Gasteiger partial charge in [-0.15, -0.1) is 0 Å². The topological polar surface area (TPSA) is 49.8 Å². The number of hydrogen-bond acceptors (Lipinski definition) is 3. The van der Waals surface area contributed by atoms with Crippen LogP contribution in [0.2, 0.25) is 0 Å². The Kier molecular flexibility index (Phi) is 5.57. The molecule has 1 atom stereocenters. The number of likely N-dealkylation sites (tertiary alicyclic amines) is 1. The summed E-state index contributed by atoms with van der Waals surface area (Å²) in [5.41, 5.74) is 1.66. The van der Waals surface area contributed by atoms with E-state index in [1.165, 1.54) is 12.1 Å². The minimum Gasteiger partial charge on any atom is -0.484 e. The molecule has 3 rings (SSSR count). The molecule has 0 bridgehead atoms. The van der Waals surface area contributed by atoms with E-state index in [0.717, 1.165) is 17.5 Å². The normalized spacial score (nSPS) is 19.6. The highest BCUT2D eigenvalue weighted by Gasteiger charge is 2.39. The predicted molar refractivity (Wildman–Crippen MR) is 97.5 cm³/mol. The molecule has 1 amide bonds. The predicted octanol–water partition coefficient (Wildman–Crippen LogP) is 2.97. The number of amides is 1.